The second-order valence-electron chi connectivity index (χ2n) is 6.45. The topological polar surface area (TPSA) is 89.0 Å². The zero-order valence-corrected chi connectivity index (χ0v) is 17.7. The number of nitriles is 1. The third-order valence-electron chi connectivity index (χ3n) is 4.29. The molecule has 1 aromatic heterocycles. The van der Waals surface area contributed by atoms with Crippen LogP contribution in [0.25, 0.3) is 16.3 Å². The molecule has 0 saturated carbocycles. The summed E-state index contributed by atoms with van der Waals surface area (Å²) in [4.78, 5) is 15.4. The minimum Gasteiger partial charge on any atom is -0.489 e. The maximum Gasteiger partial charge on any atom is 0.269 e. The molecule has 0 aliphatic rings. The fraction of sp³-hybridized carbons (Fsp3) is 0.0435. The molecule has 6 nitrogen and oxygen atoms in total. The first-order valence-corrected chi connectivity index (χ1v) is 10.9. The third kappa shape index (κ3) is 5.28. The summed E-state index contributed by atoms with van der Waals surface area (Å²) in [5.41, 5.74) is 2.64. The van der Waals surface area contributed by atoms with Gasteiger partial charge in [-0.1, -0.05) is 24.3 Å². The molecule has 0 spiro atoms. The van der Waals surface area contributed by atoms with Crippen LogP contribution in [0.5, 0.6) is 5.75 Å². The maximum atomic E-state index is 10.7. The van der Waals surface area contributed by atoms with E-state index in [0.717, 1.165) is 25.7 Å². The van der Waals surface area contributed by atoms with Crippen LogP contribution in [0.15, 0.2) is 82.0 Å². The number of benzene rings is 3. The van der Waals surface area contributed by atoms with E-state index in [-0.39, 0.29) is 12.3 Å². The predicted molar refractivity (Wildman–Crippen MR) is 123 cm³/mol. The Kier molecular flexibility index (Phi) is 6.26. The first kappa shape index (κ1) is 20.6. The molecule has 0 radical (unpaired) electrons. The number of thioether (sulfide) groups is 1. The Hall–Kier alpha value is -3.67. The lowest BCUT2D eigenvalue weighted by Crippen LogP contribution is -1.96. The highest BCUT2D eigenvalue weighted by molar-refractivity contribution is 8.05. The number of hydrogen-bond acceptors (Lipinski definition) is 7. The van der Waals surface area contributed by atoms with Gasteiger partial charge in [0.1, 0.15) is 18.4 Å². The molecule has 0 aliphatic carbocycles. The van der Waals surface area contributed by atoms with Crippen molar-refractivity contribution >= 4 is 45.1 Å². The summed E-state index contributed by atoms with van der Waals surface area (Å²) in [6.07, 6.45) is 1.80. The van der Waals surface area contributed by atoms with Crippen LogP contribution in [-0.2, 0) is 6.61 Å². The molecular formula is C23H15N3O3S2. The Morgan fingerprint density at radius 3 is 2.71 bits per heavy atom. The summed E-state index contributed by atoms with van der Waals surface area (Å²) in [5, 5.41) is 20.3. The number of nitrogens with zero attached hydrogens (tertiary/aromatic N) is 3. The van der Waals surface area contributed by atoms with E-state index in [4.69, 9.17) is 4.74 Å². The van der Waals surface area contributed by atoms with Gasteiger partial charge in [-0.25, -0.2) is 4.98 Å². The lowest BCUT2D eigenvalue weighted by molar-refractivity contribution is -0.384. The highest BCUT2D eigenvalue weighted by Crippen LogP contribution is 2.34. The zero-order chi connectivity index (χ0) is 21.6. The van der Waals surface area contributed by atoms with Crippen LogP contribution in [0, 0.1) is 21.4 Å². The number of non-ortho nitro benzene ring substituents is 1. The third-order valence-corrected chi connectivity index (χ3v) is 6.32. The number of nitro groups is 1. The van der Waals surface area contributed by atoms with E-state index in [1.807, 2.05) is 48.5 Å². The van der Waals surface area contributed by atoms with Gasteiger partial charge in [-0.2, -0.15) is 5.26 Å². The number of aromatic nitrogens is 1. The van der Waals surface area contributed by atoms with Gasteiger partial charge in [0.25, 0.3) is 5.69 Å². The van der Waals surface area contributed by atoms with Crippen LogP contribution in [-0.4, -0.2) is 9.91 Å². The molecule has 0 fully saturated rings. The van der Waals surface area contributed by atoms with Crippen molar-refractivity contribution in [3.63, 3.8) is 0 Å². The van der Waals surface area contributed by atoms with Crippen molar-refractivity contribution in [2.45, 2.75) is 10.9 Å². The van der Waals surface area contributed by atoms with Gasteiger partial charge in [0.15, 0.2) is 4.34 Å². The molecule has 4 rings (SSSR count). The van der Waals surface area contributed by atoms with Gasteiger partial charge in [0.2, 0.25) is 0 Å². The minimum atomic E-state index is -0.431. The Morgan fingerprint density at radius 2 is 1.97 bits per heavy atom. The molecule has 3 aromatic carbocycles. The van der Waals surface area contributed by atoms with E-state index >= 15 is 0 Å². The molecule has 0 atom stereocenters. The summed E-state index contributed by atoms with van der Waals surface area (Å²) in [5.74, 6) is 0.648. The Morgan fingerprint density at radius 1 is 1.16 bits per heavy atom. The van der Waals surface area contributed by atoms with Crippen LogP contribution in [0.1, 0.15) is 11.1 Å². The van der Waals surface area contributed by atoms with Crippen molar-refractivity contribution in [2.24, 2.45) is 0 Å². The van der Waals surface area contributed by atoms with Crippen molar-refractivity contribution in [1.29, 1.82) is 5.26 Å². The summed E-state index contributed by atoms with van der Waals surface area (Å²) in [6.45, 7) is 0.288. The number of thiazole rings is 1. The quantitative estimate of drug-likeness (QED) is 0.141. The van der Waals surface area contributed by atoms with Gasteiger partial charge < -0.3 is 4.74 Å². The smallest absolute Gasteiger partial charge is 0.269 e. The zero-order valence-electron chi connectivity index (χ0n) is 16.1. The Labute approximate surface area is 186 Å². The summed E-state index contributed by atoms with van der Waals surface area (Å²) >= 11 is 2.90. The number of allylic oxidation sites excluding steroid dienone is 1. The molecule has 0 aliphatic heterocycles. The number of fused-ring (bicyclic) bond motifs is 1. The van der Waals surface area contributed by atoms with Gasteiger partial charge in [0.05, 0.1) is 20.0 Å². The van der Waals surface area contributed by atoms with E-state index in [0.29, 0.717) is 10.7 Å². The van der Waals surface area contributed by atoms with Crippen LogP contribution in [0.4, 0.5) is 5.69 Å². The highest BCUT2D eigenvalue weighted by atomic mass is 32.2. The van der Waals surface area contributed by atoms with Crippen molar-refractivity contribution in [2.75, 3.05) is 0 Å². The van der Waals surface area contributed by atoms with E-state index in [9.17, 15) is 15.4 Å². The summed E-state index contributed by atoms with van der Waals surface area (Å²) in [7, 11) is 0. The van der Waals surface area contributed by atoms with E-state index in [1.54, 1.807) is 29.5 Å². The molecule has 1 heterocycles. The maximum absolute atomic E-state index is 10.7. The fourth-order valence-corrected chi connectivity index (χ4v) is 4.77. The number of nitro benzene ring substituents is 1. The second-order valence-corrected chi connectivity index (χ2v) is 8.77. The lowest BCUT2D eigenvalue weighted by Gasteiger charge is -2.07. The molecule has 8 heteroatoms. The number of para-hydroxylation sites is 1. The standard InChI is InChI=1S/C23H15N3O3S2/c24-14-20(30-23-25-21-6-1-2-7-22(21)31-23)13-17-4-3-5-19(12-17)29-15-16-8-10-18(11-9-16)26(27)28/h1-13H,15H2. The number of hydrogen-bond donors (Lipinski definition) is 0. The molecule has 0 N–H and O–H groups in total. The number of ether oxygens (including phenoxy) is 1. The predicted octanol–water partition coefficient (Wildman–Crippen LogP) is 6.44. The molecule has 0 bridgehead atoms. The highest BCUT2D eigenvalue weighted by Gasteiger charge is 2.08. The van der Waals surface area contributed by atoms with Gasteiger partial charge >= 0.3 is 0 Å². The molecule has 0 unspecified atom stereocenters. The number of rotatable bonds is 7. The van der Waals surface area contributed by atoms with Crippen molar-refractivity contribution < 1.29 is 9.66 Å². The largest absolute Gasteiger partial charge is 0.489 e. The average Bonchev–Trinajstić information content (AvgIpc) is 3.20. The molecular weight excluding hydrogens is 430 g/mol. The van der Waals surface area contributed by atoms with Crippen molar-refractivity contribution in [3.05, 3.63) is 98.9 Å². The SMILES string of the molecule is N#CC(=Cc1cccc(OCc2ccc([N+](=O)[O-])cc2)c1)Sc1nc2ccccc2s1. The van der Waals surface area contributed by atoms with Crippen LogP contribution in [0.2, 0.25) is 0 Å². The van der Waals surface area contributed by atoms with E-state index < -0.39 is 4.92 Å². The summed E-state index contributed by atoms with van der Waals surface area (Å²) < 4.78 is 7.71. The molecule has 4 aromatic rings. The Balaban J connectivity index is 1.45. The lowest BCUT2D eigenvalue weighted by atomic mass is 10.2. The van der Waals surface area contributed by atoms with Crippen molar-refractivity contribution in [1.82, 2.24) is 4.98 Å². The second kappa shape index (κ2) is 9.43. The molecule has 0 amide bonds. The van der Waals surface area contributed by atoms with Crippen LogP contribution >= 0.6 is 23.1 Å². The summed E-state index contributed by atoms with van der Waals surface area (Å²) in [6, 6.07) is 23.8. The van der Waals surface area contributed by atoms with Crippen LogP contribution < -0.4 is 4.74 Å². The molecule has 31 heavy (non-hydrogen) atoms. The molecule has 152 valence electrons. The normalized spacial score (nSPS) is 11.3. The van der Waals surface area contributed by atoms with E-state index in [1.165, 1.54) is 23.9 Å². The van der Waals surface area contributed by atoms with Gasteiger partial charge in [-0.15, -0.1) is 11.3 Å². The minimum absolute atomic E-state index is 0.0468. The molecule has 0 saturated heterocycles. The van der Waals surface area contributed by atoms with Gasteiger partial charge in [-0.05, 0) is 65.4 Å². The first-order chi connectivity index (χ1) is 15.1. The average molecular weight is 446 g/mol. The Bertz CT molecular complexity index is 1270. The monoisotopic (exact) mass is 445 g/mol. The fourth-order valence-electron chi connectivity index (χ4n) is 2.80. The van der Waals surface area contributed by atoms with E-state index in [2.05, 4.69) is 11.1 Å². The van der Waals surface area contributed by atoms with Gasteiger partial charge in [-0.3, -0.25) is 10.1 Å². The van der Waals surface area contributed by atoms with Crippen molar-refractivity contribution in [3.8, 4) is 11.8 Å². The van der Waals surface area contributed by atoms with Crippen LogP contribution in [0.3, 0.4) is 0 Å². The first-order valence-electron chi connectivity index (χ1n) is 9.22. The van der Waals surface area contributed by atoms with Gasteiger partial charge in [0, 0.05) is 12.1 Å².